The van der Waals surface area contributed by atoms with Crippen LogP contribution in [-0.2, 0) is 9.53 Å². The number of hydrogen-bond acceptors (Lipinski definition) is 5. The lowest BCUT2D eigenvalue weighted by atomic mass is 10.0. The largest absolute Gasteiger partial charge is 0.497 e. The van der Waals surface area contributed by atoms with E-state index in [9.17, 15) is 9.59 Å². The van der Waals surface area contributed by atoms with Gasteiger partial charge in [-0.05, 0) is 55.8 Å². The van der Waals surface area contributed by atoms with Gasteiger partial charge in [0.25, 0.3) is 0 Å². The molecule has 0 aliphatic heterocycles. The molecule has 1 atom stereocenters. The van der Waals surface area contributed by atoms with Crippen molar-refractivity contribution in [3.05, 3.63) is 60.3 Å². The van der Waals surface area contributed by atoms with Gasteiger partial charge in [0.2, 0.25) is 5.91 Å². The minimum Gasteiger partial charge on any atom is -0.497 e. The van der Waals surface area contributed by atoms with Gasteiger partial charge >= 0.3 is 5.97 Å². The molecule has 32 heavy (non-hydrogen) atoms. The highest BCUT2D eigenvalue weighted by atomic mass is 16.5. The lowest BCUT2D eigenvalue weighted by Crippen LogP contribution is -2.20. The van der Waals surface area contributed by atoms with Crippen LogP contribution in [0.15, 0.2) is 54.6 Å². The monoisotopic (exact) mass is 435 g/mol. The van der Waals surface area contributed by atoms with E-state index in [1.165, 1.54) is 0 Å². The van der Waals surface area contributed by atoms with E-state index in [1.807, 2.05) is 55.5 Å². The summed E-state index contributed by atoms with van der Waals surface area (Å²) in [7, 11) is 1.61. The Labute approximate surface area is 188 Å². The third kappa shape index (κ3) is 5.35. The number of anilines is 1. The summed E-state index contributed by atoms with van der Waals surface area (Å²) in [6.45, 7) is 6.00. The van der Waals surface area contributed by atoms with E-state index in [1.54, 1.807) is 24.8 Å². The third-order valence-electron chi connectivity index (χ3n) is 5.11. The van der Waals surface area contributed by atoms with Crippen LogP contribution in [0.2, 0.25) is 0 Å². The van der Waals surface area contributed by atoms with Crippen molar-refractivity contribution in [1.82, 2.24) is 9.78 Å². The van der Waals surface area contributed by atoms with Crippen LogP contribution in [0, 0.1) is 5.92 Å². The molecule has 0 fully saturated rings. The number of amides is 1. The van der Waals surface area contributed by atoms with Crippen molar-refractivity contribution in [3.8, 4) is 22.7 Å². The summed E-state index contributed by atoms with van der Waals surface area (Å²) in [6.07, 6.45) is 1.78. The Balaban J connectivity index is 2.00. The van der Waals surface area contributed by atoms with Gasteiger partial charge in [0.15, 0.2) is 5.69 Å². The Morgan fingerprint density at radius 1 is 1.09 bits per heavy atom. The fraction of sp³-hybridized carbons (Fsp3) is 0.320. The normalized spacial score (nSPS) is 11.6. The Morgan fingerprint density at radius 2 is 1.84 bits per heavy atom. The van der Waals surface area contributed by atoms with Crippen molar-refractivity contribution in [2.45, 2.75) is 33.6 Å². The minimum absolute atomic E-state index is 0.0140. The maximum atomic E-state index is 12.5. The summed E-state index contributed by atoms with van der Waals surface area (Å²) >= 11 is 0. The molecule has 0 saturated heterocycles. The van der Waals surface area contributed by atoms with E-state index in [0.29, 0.717) is 11.4 Å². The topological polar surface area (TPSA) is 82.5 Å². The number of methoxy groups -OCH3 is 1. The number of hydrogen-bond donors (Lipinski definition) is 1. The molecule has 7 heteroatoms. The van der Waals surface area contributed by atoms with Gasteiger partial charge in [0.1, 0.15) is 5.75 Å². The van der Waals surface area contributed by atoms with Crippen molar-refractivity contribution < 1.29 is 19.1 Å². The van der Waals surface area contributed by atoms with Gasteiger partial charge in [-0.3, -0.25) is 4.79 Å². The standard InChI is InChI=1S/C25H29N3O4/c1-5-8-17(3)24(29)26-19-10-7-9-18(15-19)23-16-22(25(30)32-6-2)27-28(23)20-11-13-21(31-4)14-12-20/h7,9-17H,5-6,8H2,1-4H3,(H,26,29)/t17-/m0/s1. The van der Waals surface area contributed by atoms with E-state index >= 15 is 0 Å². The van der Waals surface area contributed by atoms with E-state index in [2.05, 4.69) is 17.3 Å². The molecule has 2 aromatic carbocycles. The Kier molecular flexibility index (Phi) is 7.65. The quantitative estimate of drug-likeness (QED) is 0.473. The molecule has 3 rings (SSSR count). The van der Waals surface area contributed by atoms with Crippen molar-refractivity contribution in [3.63, 3.8) is 0 Å². The number of esters is 1. The summed E-state index contributed by atoms with van der Waals surface area (Å²) in [5.41, 5.74) is 3.18. The average Bonchev–Trinajstić information content (AvgIpc) is 3.25. The van der Waals surface area contributed by atoms with Gasteiger partial charge in [-0.25, -0.2) is 9.48 Å². The summed E-state index contributed by atoms with van der Waals surface area (Å²) in [5, 5.41) is 7.47. The number of rotatable bonds is 9. The summed E-state index contributed by atoms with van der Waals surface area (Å²) in [4.78, 5) is 24.8. The minimum atomic E-state index is -0.487. The summed E-state index contributed by atoms with van der Waals surface area (Å²) in [6, 6.07) is 16.6. The molecule has 168 valence electrons. The van der Waals surface area contributed by atoms with Crippen LogP contribution in [0.4, 0.5) is 5.69 Å². The van der Waals surface area contributed by atoms with Crippen LogP contribution in [0.3, 0.4) is 0 Å². The van der Waals surface area contributed by atoms with Crippen LogP contribution in [-0.4, -0.2) is 35.4 Å². The number of nitrogens with zero attached hydrogens (tertiary/aromatic N) is 2. The number of carbonyl (C=O) groups excluding carboxylic acids is 2. The molecular weight excluding hydrogens is 406 g/mol. The highest BCUT2D eigenvalue weighted by Gasteiger charge is 2.19. The van der Waals surface area contributed by atoms with Crippen molar-refractivity contribution in [2.75, 3.05) is 19.0 Å². The number of ether oxygens (including phenoxy) is 2. The second kappa shape index (κ2) is 10.6. The zero-order valence-electron chi connectivity index (χ0n) is 18.9. The molecule has 0 spiro atoms. The van der Waals surface area contributed by atoms with E-state index < -0.39 is 5.97 Å². The number of nitrogens with one attached hydrogen (secondary N) is 1. The van der Waals surface area contributed by atoms with Crippen molar-refractivity contribution in [1.29, 1.82) is 0 Å². The van der Waals surface area contributed by atoms with E-state index in [-0.39, 0.29) is 24.1 Å². The zero-order chi connectivity index (χ0) is 23.1. The molecule has 1 N–H and O–H groups in total. The highest BCUT2D eigenvalue weighted by molar-refractivity contribution is 5.93. The molecule has 1 heterocycles. The summed E-state index contributed by atoms with van der Waals surface area (Å²) < 4.78 is 12.1. The molecule has 7 nitrogen and oxygen atoms in total. The van der Waals surface area contributed by atoms with E-state index in [4.69, 9.17) is 9.47 Å². The first kappa shape index (κ1) is 23.1. The second-order valence-corrected chi connectivity index (χ2v) is 7.50. The second-order valence-electron chi connectivity index (χ2n) is 7.50. The molecule has 0 unspecified atom stereocenters. The zero-order valence-corrected chi connectivity index (χ0v) is 18.9. The molecule has 0 radical (unpaired) electrons. The van der Waals surface area contributed by atoms with Crippen LogP contribution >= 0.6 is 0 Å². The SMILES string of the molecule is CCC[C@H](C)C(=O)Nc1cccc(-c2cc(C(=O)OCC)nn2-c2ccc(OC)cc2)c1. The maximum Gasteiger partial charge on any atom is 0.358 e. The molecule has 1 amide bonds. The predicted molar refractivity (Wildman–Crippen MR) is 124 cm³/mol. The fourth-order valence-corrected chi connectivity index (χ4v) is 3.40. The molecule has 0 saturated carbocycles. The number of aromatic nitrogens is 2. The first-order valence-corrected chi connectivity index (χ1v) is 10.8. The van der Waals surface area contributed by atoms with Gasteiger partial charge in [-0.15, -0.1) is 0 Å². The van der Waals surface area contributed by atoms with Crippen LogP contribution < -0.4 is 10.1 Å². The van der Waals surface area contributed by atoms with Crippen LogP contribution in [0.25, 0.3) is 16.9 Å². The molecule has 0 bridgehead atoms. The average molecular weight is 436 g/mol. The van der Waals surface area contributed by atoms with Crippen LogP contribution in [0.5, 0.6) is 5.75 Å². The van der Waals surface area contributed by atoms with E-state index in [0.717, 1.165) is 29.8 Å². The number of carbonyl (C=O) groups is 2. The summed E-state index contributed by atoms with van der Waals surface area (Å²) in [5.74, 6) is 0.154. The number of benzene rings is 2. The Morgan fingerprint density at radius 3 is 2.50 bits per heavy atom. The smallest absolute Gasteiger partial charge is 0.358 e. The van der Waals surface area contributed by atoms with Gasteiger partial charge in [-0.2, -0.15) is 5.10 Å². The first-order chi connectivity index (χ1) is 15.5. The first-order valence-electron chi connectivity index (χ1n) is 10.8. The molecule has 0 aliphatic carbocycles. The molecule has 0 aliphatic rings. The third-order valence-corrected chi connectivity index (χ3v) is 5.11. The van der Waals surface area contributed by atoms with Gasteiger partial charge in [0.05, 0.1) is 25.1 Å². The molecule has 1 aromatic heterocycles. The molecule has 3 aromatic rings. The van der Waals surface area contributed by atoms with Gasteiger partial charge in [0, 0.05) is 17.2 Å². The van der Waals surface area contributed by atoms with Crippen molar-refractivity contribution in [2.24, 2.45) is 5.92 Å². The lowest BCUT2D eigenvalue weighted by molar-refractivity contribution is -0.119. The Bertz CT molecular complexity index is 1070. The van der Waals surface area contributed by atoms with Crippen LogP contribution in [0.1, 0.15) is 44.1 Å². The maximum absolute atomic E-state index is 12.5. The van der Waals surface area contributed by atoms with Gasteiger partial charge in [-0.1, -0.05) is 32.4 Å². The molecular formula is C25H29N3O4. The predicted octanol–water partition coefficient (Wildman–Crippen LogP) is 5.10. The lowest BCUT2D eigenvalue weighted by Gasteiger charge is -2.13. The van der Waals surface area contributed by atoms with Gasteiger partial charge < -0.3 is 14.8 Å². The highest BCUT2D eigenvalue weighted by Crippen LogP contribution is 2.28. The fourth-order valence-electron chi connectivity index (χ4n) is 3.40. The Hall–Kier alpha value is -3.61. The van der Waals surface area contributed by atoms with Crippen molar-refractivity contribution >= 4 is 17.6 Å².